The Kier molecular flexibility index (Phi) is 3.84. The van der Waals surface area contributed by atoms with Crippen LogP contribution in [0, 0.1) is 0 Å². The molecule has 2 N–H and O–H groups in total. The summed E-state index contributed by atoms with van der Waals surface area (Å²) in [4.78, 5) is 12.7. The van der Waals surface area contributed by atoms with Crippen LogP contribution in [0.15, 0.2) is 49.5 Å². The van der Waals surface area contributed by atoms with E-state index in [-0.39, 0.29) is 17.1 Å². The molecule has 0 aliphatic heterocycles. The zero-order valence-corrected chi connectivity index (χ0v) is 15.1. The number of aromatic hydroxyl groups is 2. The SMILES string of the molecule is COc1c(O)cc2oc3c4ccc(O)cc4oc(=O)c3c2c1CC=C(C)C. The van der Waals surface area contributed by atoms with Gasteiger partial charge in [-0.15, -0.1) is 0 Å². The minimum atomic E-state index is -0.576. The normalized spacial score (nSPS) is 11.4. The van der Waals surface area contributed by atoms with E-state index in [1.807, 2.05) is 19.9 Å². The third-order valence-electron chi connectivity index (χ3n) is 4.55. The largest absolute Gasteiger partial charge is 0.508 e. The van der Waals surface area contributed by atoms with Crippen molar-refractivity contribution in [3.63, 3.8) is 0 Å². The van der Waals surface area contributed by atoms with Gasteiger partial charge in [-0.3, -0.25) is 0 Å². The van der Waals surface area contributed by atoms with Gasteiger partial charge in [0.25, 0.3) is 0 Å². The Hall–Kier alpha value is -3.41. The quantitative estimate of drug-likeness (QED) is 0.406. The Morgan fingerprint density at radius 3 is 2.59 bits per heavy atom. The second-order valence-electron chi connectivity index (χ2n) is 6.64. The first-order valence-electron chi connectivity index (χ1n) is 8.45. The first-order valence-corrected chi connectivity index (χ1v) is 8.45. The molecule has 0 spiro atoms. The van der Waals surface area contributed by atoms with Crippen LogP contribution in [0.25, 0.3) is 32.9 Å². The highest BCUT2D eigenvalue weighted by atomic mass is 16.5. The maximum absolute atomic E-state index is 12.7. The Bertz CT molecular complexity index is 1290. The minimum Gasteiger partial charge on any atom is -0.508 e. The van der Waals surface area contributed by atoms with Gasteiger partial charge < -0.3 is 23.8 Å². The lowest BCUT2D eigenvalue weighted by Crippen LogP contribution is -2.00. The average Bonchev–Trinajstić information content (AvgIpc) is 2.98. The molecule has 27 heavy (non-hydrogen) atoms. The van der Waals surface area contributed by atoms with E-state index in [9.17, 15) is 15.0 Å². The van der Waals surface area contributed by atoms with Gasteiger partial charge in [-0.2, -0.15) is 0 Å². The molecule has 0 aliphatic rings. The molecule has 0 saturated carbocycles. The highest BCUT2D eigenvalue weighted by molar-refractivity contribution is 6.15. The number of hydrogen-bond acceptors (Lipinski definition) is 6. The smallest absolute Gasteiger partial charge is 0.348 e. The van der Waals surface area contributed by atoms with E-state index in [1.165, 1.54) is 25.3 Å². The Balaban J connectivity index is 2.21. The monoisotopic (exact) mass is 366 g/mol. The number of hydrogen-bond donors (Lipinski definition) is 2. The number of rotatable bonds is 3. The number of methoxy groups -OCH3 is 1. The molecule has 4 rings (SSSR count). The summed E-state index contributed by atoms with van der Waals surface area (Å²) in [6, 6.07) is 5.93. The highest BCUT2D eigenvalue weighted by Crippen LogP contribution is 2.42. The number of phenols is 2. The predicted molar refractivity (Wildman–Crippen MR) is 103 cm³/mol. The van der Waals surface area contributed by atoms with Gasteiger partial charge in [0.1, 0.15) is 22.3 Å². The first-order chi connectivity index (χ1) is 12.9. The number of fused-ring (bicyclic) bond motifs is 5. The predicted octanol–water partition coefficient (Wildman–Crippen LogP) is 4.62. The molecule has 138 valence electrons. The van der Waals surface area contributed by atoms with Crippen LogP contribution >= 0.6 is 0 Å². The van der Waals surface area contributed by atoms with E-state index in [4.69, 9.17) is 13.6 Å². The van der Waals surface area contributed by atoms with Gasteiger partial charge in [0.15, 0.2) is 17.1 Å². The number of phenolic OH excluding ortho intramolecular Hbond substituents is 2. The summed E-state index contributed by atoms with van der Waals surface area (Å²) in [5, 5.41) is 21.4. The molecule has 2 aromatic carbocycles. The summed E-state index contributed by atoms with van der Waals surface area (Å²) in [7, 11) is 1.47. The van der Waals surface area contributed by atoms with Crippen molar-refractivity contribution in [2.75, 3.05) is 7.11 Å². The summed E-state index contributed by atoms with van der Waals surface area (Å²) in [5.74, 6) is 0.227. The van der Waals surface area contributed by atoms with E-state index < -0.39 is 5.63 Å². The van der Waals surface area contributed by atoms with Crippen molar-refractivity contribution in [1.29, 1.82) is 0 Å². The summed E-state index contributed by atoms with van der Waals surface area (Å²) in [6.45, 7) is 3.93. The van der Waals surface area contributed by atoms with Gasteiger partial charge in [-0.1, -0.05) is 11.6 Å². The average molecular weight is 366 g/mol. The van der Waals surface area contributed by atoms with Crippen LogP contribution in [-0.4, -0.2) is 17.3 Å². The number of benzene rings is 2. The number of furan rings is 1. The van der Waals surface area contributed by atoms with Crippen molar-refractivity contribution in [3.8, 4) is 17.2 Å². The minimum absolute atomic E-state index is 0.00956. The molecule has 0 radical (unpaired) electrons. The van der Waals surface area contributed by atoms with E-state index in [2.05, 4.69) is 0 Å². The van der Waals surface area contributed by atoms with Gasteiger partial charge in [-0.25, -0.2) is 4.79 Å². The lowest BCUT2D eigenvalue weighted by Gasteiger charge is -2.10. The summed E-state index contributed by atoms with van der Waals surface area (Å²) < 4.78 is 16.7. The molecular formula is C21H18O6. The van der Waals surface area contributed by atoms with Crippen molar-refractivity contribution >= 4 is 32.9 Å². The van der Waals surface area contributed by atoms with E-state index in [0.29, 0.717) is 45.1 Å². The van der Waals surface area contributed by atoms with Crippen LogP contribution in [0.5, 0.6) is 17.2 Å². The van der Waals surface area contributed by atoms with Gasteiger partial charge >= 0.3 is 5.63 Å². The Morgan fingerprint density at radius 1 is 1.11 bits per heavy atom. The molecule has 0 bridgehead atoms. The van der Waals surface area contributed by atoms with Crippen LogP contribution in [0.3, 0.4) is 0 Å². The van der Waals surface area contributed by atoms with Crippen molar-refractivity contribution in [3.05, 3.63) is 51.9 Å². The highest BCUT2D eigenvalue weighted by Gasteiger charge is 2.23. The van der Waals surface area contributed by atoms with Gasteiger partial charge in [0, 0.05) is 23.1 Å². The summed E-state index contributed by atoms with van der Waals surface area (Å²) in [6.07, 6.45) is 2.44. The molecule has 0 atom stereocenters. The summed E-state index contributed by atoms with van der Waals surface area (Å²) in [5.41, 5.74) is 2.12. The Morgan fingerprint density at radius 2 is 1.89 bits per heavy atom. The molecule has 2 heterocycles. The van der Waals surface area contributed by atoms with Crippen LogP contribution in [-0.2, 0) is 6.42 Å². The van der Waals surface area contributed by atoms with Crippen molar-refractivity contribution < 1.29 is 23.8 Å². The Labute approximate surface area is 153 Å². The molecule has 0 fully saturated rings. The van der Waals surface area contributed by atoms with Crippen LogP contribution in [0.4, 0.5) is 0 Å². The van der Waals surface area contributed by atoms with Crippen molar-refractivity contribution in [2.24, 2.45) is 0 Å². The van der Waals surface area contributed by atoms with E-state index >= 15 is 0 Å². The fraction of sp³-hybridized carbons (Fsp3) is 0.190. The summed E-state index contributed by atoms with van der Waals surface area (Å²) >= 11 is 0. The number of ether oxygens (including phenoxy) is 1. The lowest BCUT2D eigenvalue weighted by atomic mass is 10.0. The maximum Gasteiger partial charge on any atom is 0.348 e. The molecule has 0 amide bonds. The molecule has 0 saturated heterocycles. The first kappa shape index (κ1) is 17.0. The molecule has 0 aliphatic carbocycles. The van der Waals surface area contributed by atoms with Crippen LogP contribution in [0.1, 0.15) is 19.4 Å². The zero-order valence-electron chi connectivity index (χ0n) is 15.1. The van der Waals surface area contributed by atoms with Gasteiger partial charge in [0.2, 0.25) is 0 Å². The molecule has 6 heteroatoms. The third-order valence-corrected chi connectivity index (χ3v) is 4.55. The maximum atomic E-state index is 12.7. The van der Waals surface area contributed by atoms with Crippen LogP contribution in [0.2, 0.25) is 0 Å². The van der Waals surface area contributed by atoms with E-state index in [0.717, 1.165) is 5.57 Å². The molecular weight excluding hydrogens is 348 g/mol. The van der Waals surface area contributed by atoms with Gasteiger partial charge in [0.05, 0.1) is 12.5 Å². The van der Waals surface area contributed by atoms with Gasteiger partial charge in [-0.05, 0) is 32.4 Å². The lowest BCUT2D eigenvalue weighted by molar-refractivity contribution is 0.370. The molecule has 6 nitrogen and oxygen atoms in total. The molecule has 4 aromatic rings. The second-order valence-corrected chi connectivity index (χ2v) is 6.64. The third kappa shape index (κ3) is 2.61. The fourth-order valence-corrected chi connectivity index (χ4v) is 3.35. The van der Waals surface area contributed by atoms with Crippen molar-refractivity contribution in [2.45, 2.75) is 20.3 Å². The molecule has 0 unspecified atom stereocenters. The van der Waals surface area contributed by atoms with E-state index in [1.54, 1.807) is 6.07 Å². The number of allylic oxidation sites excluding steroid dienone is 2. The van der Waals surface area contributed by atoms with Crippen LogP contribution < -0.4 is 10.4 Å². The van der Waals surface area contributed by atoms with Crippen molar-refractivity contribution in [1.82, 2.24) is 0 Å². The second kappa shape index (κ2) is 6.09. The fourth-order valence-electron chi connectivity index (χ4n) is 3.35. The standard InChI is InChI=1S/C21H18O6/c1-10(2)4-6-13-17-16(9-14(23)19(13)25-3)26-20-12-7-5-11(22)8-15(12)27-21(24)18(17)20/h4-5,7-9,22-23H,6H2,1-3H3. The zero-order chi connectivity index (χ0) is 19.3. The molecule has 2 aromatic heterocycles. The topological polar surface area (TPSA) is 93.0 Å².